The molecule has 1 fully saturated rings. The van der Waals surface area contributed by atoms with Gasteiger partial charge in [0.1, 0.15) is 23.8 Å². The first-order chi connectivity index (χ1) is 20.9. The molecular formula is C34H57ClN4O4Si3. The molecule has 1 aliphatic heterocycles. The Balaban J connectivity index is 1.88. The van der Waals surface area contributed by atoms with E-state index >= 15 is 0 Å². The Labute approximate surface area is 285 Å². The van der Waals surface area contributed by atoms with Crippen molar-refractivity contribution in [2.24, 2.45) is 0 Å². The number of hydrogen-bond acceptors (Lipinski definition) is 7. The van der Waals surface area contributed by atoms with E-state index in [4.69, 9.17) is 34.6 Å². The second-order valence-corrected chi connectivity index (χ2v) is 32.0. The van der Waals surface area contributed by atoms with Gasteiger partial charge in [-0.05, 0) is 54.4 Å². The minimum absolute atomic E-state index is 0.00944. The van der Waals surface area contributed by atoms with Gasteiger partial charge < -0.3 is 18.0 Å². The fraction of sp³-hybridized carbons (Fsp3) is 0.676. The topological polar surface area (TPSA) is 80.5 Å². The van der Waals surface area contributed by atoms with Gasteiger partial charge in [-0.2, -0.15) is 0 Å². The number of nitrogens with zero attached hydrogens (tertiary/aromatic N) is 4. The van der Waals surface area contributed by atoms with Crippen LogP contribution in [0.1, 0.15) is 68.5 Å². The molecule has 0 unspecified atom stereocenters. The summed E-state index contributed by atoms with van der Waals surface area (Å²) in [6.45, 7) is 34.5. The van der Waals surface area contributed by atoms with Crippen LogP contribution in [0.2, 0.25) is 59.5 Å². The van der Waals surface area contributed by atoms with Crippen molar-refractivity contribution < 1.29 is 18.0 Å². The minimum Gasteiger partial charge on any atom is -0.414 e. The highest BCUT2D eigenvalue weighted by Crippen LogP contribution is 2.47. The fourth-order valence-corrected chi connectivity index (χ4v) is 8.49. The van der Waals surface area contributed by atoms with E-state index in [2.05, 4.69) is 112 Å². The number of ether oxygens (including phenoxy) is 1. The first kappa shape index (κ1) is 37.4. The summed E-state index contributed by atoms with van der Waals surface area (Å²) in [5.41, 5.74) is 2.00. The molecule has 1 aliphatic rings. The summed E-state index contributed by atoms with van der Waals surface area (Å²) in [6, 6.07) is 9.85. The maximum atomic E-state index is 7.34. The third-order valence-corrected chi connectivity index (χ3v) is 24.6. The van der Waals surface area contributed by atoms with Gasteiger partial charge in [0, 0.05) is 5.56 Å². The number of imidazole rings is 1. The van der Waals surface area contributed by atoms with E-state index in [1.165, 1.54) is 0 Å². The quantitative estimate of drug-likeness (QED) is 0.162. The Kier molecular flexibility index (Phi) is 10.4. The number of hydrogen-bond donors (Lipinski definition) is 0. The smallest absolute Gasteiger partial charge is 0.192 e. The van der Waals surface area contributed by atoms with Crippen LogP contribution in [0.4, 0.5) is 0 Å². The molecule has 0 bridgehead atoms. The average Bonchev–Trinajstić information content (AvgIpc) is 3.47. The van der Waals surface area contributed by atoms with Crippen molar-refractivity contribution in [2.45, 2.75) is 141 Å². The van der Waals surface area contributed by atoms with E-state index in [0.717, 1.165) is 5.56 Å². The third-order valence-electron chi connectivity index (χ3n) is 10.9. The molecule has 0 saturated carbocycles. The van der Waals surface area contributed by atoms with Crippen molar-refractivity contribution in [1.29, 1.82) is 0 Å². The average molecular weight is 706 g/mol. The van der Waals surface area contributed by atoms with Gasteiger partial charge in [0.2, 0.25) is 0 Å². The summed E-state index contributed by atoms with van der Waals surface area (Å²) in [7, 11) is -6.69. The molecule has 4 rings (SSSR count). The summed E-state index contributed by atoms with van der Waals surface area (Å²) >= 11 is 6.75. The van der Waals surface area contributed by atoms with Gasteiger partial charge in [-0.3, -0.25) is 4.57 Å². The van der Waals surface area contributed by atoms with Crippen LogP contribution in [0.25, 0.3) is 22.6 Å². The standard InChI is InChI=1S/C34H57ClN4O4Si3/c1-32(2,3)44(10,11)40-21-24-26(42-45(12,13)33(4,5)6)27(43-46(14,15)34(7,8)9)31(41-24)39-22-36-25-28(35)37-29(38-30(25)39)23-19-17-16-18-20-23/h16-20,22,24,26-27,31H,21H2,1-15H3/t24-,26-,27-,31-/m1/s1. The lowest BCUT2D eigenvalue weighted by atomic mass is 10.1. The molecule has 12 heteroatoms. The van der Waals surface area contributed by atoms with Gasteiger partial charge in [-0.15, -0.1) is 0 Å². The van der Waals surface area contributed by atoms with E-state index in [9.17, 15) is 0 Å². The second-order valence-electron chi connectivity index (χ2n) is 17.4. The van der Waals surface area contributed by atoms with Gasteiger partial charge in [-0.1, -0.05) is 104 Å². The number of rotatable bonds is 9. The maximum absolute atomic E-state index is 7.34. The SMILES string of the molecule is CC(C)(C)[Si](C)(C)OC[C@H]1O[C@@H](n2cnc3c(Cl)nc(-c4ccccc4)nc32)[C@H](O[Si](C)(C)C(C)(C)C)[C@@H]1O[Si](C)(C)C(C)(C)C. The zero-order valence-corrected chi connectivity index (χ0v) is 34.5. The van der Waals surface area contributed by atoms with Crippen LogP contribution in [0, 0.1) is 0 Å². The van der Waals surface area contributed by atoms with Gasteiger partial charge in [0.25, 0.3) is 0 Å². The first-order valence-corrected chi connectivity index (χ1v) is 25.6. The number of benzene rings is 1. The Morgan fingerprint density at radius 3 is 1.80 bits per heavy atom. The fourth-order valence-electron chi connectivity index (χ4n) is 4.66. The van der Waals surface area contributed by atoms with Crippen molar-refractivity contribution in [1.82, 2.24) is 19.5 Å². The second kappa shape index (κ2) is 12.8. The molecule has 2 aromatic heterocycles. The summed E-state index contributed by atoms with van der Waals surface area (Å²) in [4.78, 5) is 14.3. The largest absolute Gasteiger partial charge is 0.414 e. The van der Waals surface area contributed by atoms with Gasteiger partial charge in [-0.25, -0.2) is 15.0 Å². The molecule has 46 heavy (non-hydrogen) atoms. The third kappa shape index (κ3) is 7.56. The Morgan fingerprint density at radius 1 is 0.761 bits per heavy atom. The molecule has 0 spiro atoms. The van der Waals surface area contributed by atoms with Crippen LogP contribution >= 0.6 is 11.6 Å². The predicted octanol–water partition coefficient (Wildman–Crippen LogP) is 9.85. The van der Waals surface area contributed by atoms with Crippen LogP contribution in [-0.4, -0.2) is 69.4 Å². The van der Waals surface area contributed by atoms with Crippen molar-refractivity contribution in [3.8, 4) is 11.4 Å². The molecular weight excluding hydrogens is 648 g/mol. The zero-order chi connectivity index (χ0) is 34.7. The lowest BCUT2D eigenvalue weighted by molar-refractivity contribution is -0.0470. The molecule has 1 saturated heterocycles. The monoisotopic (exact) mass is 704 g/mol. The van der Waals surface area contributed by atoms with Crippen molar-refractivity contribution >= 4 is 47.7 Å². The number of aromatic nitrogens is 4. The first-order valence-electron chi connectivity index (χ1n) is 16.5. The molecule has 3 heterocycles. The zero-order valence-electron chi connectivity index (χ0n) is 30.8. The van der Waals surface area contributed by atoms with Crippen LogP contribution in [0.3, 0.4) is 0 Å². The molecule has 8 nitrogen and oxygen atoms in total. The Bertz CT molecular complexity index is 1510. The van der Waals surface area contributed by atoms with E-state index < -0.39 is 37.3 Å². The highest BCUT2D eigenvalue weighted by atomic mass is 35.5. The van der Waals surface area contributed by atoms with E-state index in [1.54, 1.807) is 6.33 Å². The number of fused-ring (bicyclic) bond motifs is 1. The molecule has 0 N–H and O–H groups in total. The van der Waals surface area contributed by atoms with Crippen molar-refractivity contribution in [2.75, 3.05) is 6.61 Å². The molecule has 0 amide bonds. The highest BCUT2D eigenvalue weighted by Gasteiger charge is 2.55. The molecule has 3 aromatic rings. The summed E-state index contributed by atoms with van der Waals surface area (Å²) in [5, 5.41) is 0.316. The molecule has 0 radical (unpaired) electrons. The van der Waals surface area contributed by atoms with E-state index in [0.29, 0.717) is 28.7 Å². The molecule has 0 aliphatic carbocycles. The van der Waals surface area contributed by atoms with E-state index in [-0.39, 0.29) is 27.3 Å². The normalized spacial score (nSPS) is 22.2. The van der Waals surface area contributed by atoms with Gasteiger partial charge in [0.05, 0.1) is 12.9 Å². The van der Waals surface area contributed by atoms with Crippen LogP contribution < -0.4 is 0 Å². The highest BCUT2D eigenvalue weighted by molar-refractivity contribution is 6.75. The van der Waals surface area contributed by atoms with Crippen LogP contribution in [0.5, 0.6) is 0 Å². The molecule has 4 atom stereocenters. The predicted molar refractivity (Wildman–Crippen MR) is 197 cm³/mol. The van der Waals surface area contributed by atoms with Crippen LogP contribution in [-0.2, 0) is 18.0 Å². The van der Waals surface area contributed by atoms with Crippen LogP contribution in [0.15, 0.2) is 36.7 Å². The lowest BCUT2D eigenvalue weighted by Crippen LogP contribution is -2.54. The molecule has 1 aromatic carbocycles. The number of halogens is 1. The molecule has 256 valence electrons. The Morgan fingerprint density at radius 2 is 1.28 bits per heavy atom. The summed E-state index contributed by atoms with van der Waals surface area (Å²) in [5.74, 6) is 0.534. The van der Waals surface area contributed by atoms with E-state index in [1.807, 2.05) is 34.9 Å². The minimum atomic E-state index is -2.32. The Hall–Kier alpha value is -1.45. The van der Waals surface area contributed by atoms with Crippen molar-refractivity contribution in [3.63, 3.8) is 0 Å². The van der Waals surface area contributed by atoms with Gasteiger partial charge >= 0.3 is 0 Å². The summed E-state index contributed by atoms with van der Waals surface area (Å²) < 4.78 is 30.5. The maximum Gasteiger partial charge on any atom is 0.192 e. The van der Waals surface area contributed by atoms with Gasteiger partial charge in [0.15, 0.2) is 47.8 Å². The summed E-state index contributed by atoms with van der Waals surface area (Å²) in [6.07, 6.45) is 0.0676. The lowest BCUT2D eigenvalue weighted by Gasteiger charge is -2.44. The van der Waals surface area contributed by atoms with Crippen molar-refractivity contribution in [3.05, 3.63) is 41.8 Å².